The first-order chi connectivity index (χ1) is 12.4. The molecule has 7 heteroatoms. The quantitative estimate of drug-likeness (QED) is 0.885. The largest absolute Gasteiger partial charge is 0.481 e. The highest BCUT2D eigenvalue weighted by atomic mass is 16.5. The summed E-state index contributed by atoms with van der Waals surface area (Å²) in [5, 5.41) is 13.9. The average molecular weight is 357 g/mol. The highest BCUT2D eigenvalue weighted by molar-refractivity contribution is 5.96. The Bertz CT molecular complexity index is 845. The monoisotopic (exact) mass is 357 g/mol. The van der Waals surface area contributed by atoms with Gasteiger partial charge in [-0.05, 0) is 31.9 Å². The number of aliphatic carboxylic acids is 1. The number of ether oxygens (including phenoxy) is 1. The first-order valence-electron chi connectivity index (χ1n) is 8.52. The van der Waals surface area contributed by atoms with E-state index in [0.717, 1.165) is 16.9 Å². The second-order valence-electron chi connectivity index (χ2n) is 6.84. The fourth-order valence-corrected chi connectivity index (χ4v) is 3.51. The Kier molecular flexibility index (Phi) is 4.82. The van der Waals surface area contributed by atoms with E-state index in [2.05, 4.69) is 5.10 Å². The second kappa shape index (κ2) is 6.92. The van der Waals surface area contributed by atoms with Gasteiger partial charge in [0.05, 0.1) is 29.7 Å². The minimum Gasteiger partial charge on any atom is -0.481 e. The fraction of sp³-hybridized carbons (Fsp3) is 0.421. The maximum atomic E-state index is 13.0. The Balaban J connectivity index is 1.86. The Morgan fingerprint density at radius 1 is 1.31 bits per heavy atom. The van der Waals surface area contributed by atoms with Crippen LogP contribution in [-0.2, 0) is 9.53 Å². The molecule has 1 amide bonds. The number of benzene rings is 1. The average Bonchev–Trinajstić information content (AvgIpc) is 3.20. The molecule has 0 aliphatic carbocycles. The minimum absolute atomic E-state index is 0.0908. The van der Waals surface area contributed by atoms with E-state index in [4.69, 9.17) is 4.74 Å². The van der Waals surface area contributed by atoms with Gasteiger partial charge in [0.1, 0.15) is 5.41 Å². The number of para-hydroxylation sites is 1. The third-order valence-corrected chi connectivity index (χ3v) is 5.10. The summed E-state index contributed by atoms with van der Waals surface area (Å²) in [5.74, 6) is -1.12. The number of hydrogen-bond donors (Lipinski definition) is 1. The van der Waals surface area contributed by atoms with Gasteiger partial charge < -0.3 is 14.7 Å². The van der Waals surface area contributed by atoms with E-state index in [-0.39, 0.29) is 19.1 Å². The van der Waals surface area contributed by atoms with Gasteiger partial charge >= 0.3 is 5.97 Å². The van der Waals surface area contributed by atoms with Gasteiger partial charge in [0, 0.05) is 20.2 Å². The zero-order valence-electron chi connectivity index (χ0n) is 15.2. The molecular formula is C19H23N3O4. The van der Waals surface area contributed by atoms with E-state index in [1.54, 1.807) is 15.8 Å². The molecule has 3 rings (SSSR count). The number of methoxy groups -OCH3 is 1. The fourth-order valence-electron chi connectivity index (χ4n) is 3.51. The molecule has 1 fully saturated rings. The molecule has 1 atom stereocenters. The van der Waals surface area contributed by atoms with Crippen LogP contribution in [-0.4, -0.2) is 58.5 Å². The molecule has 1 N–H and O–H groups in total. The van der Waals surface area contributed by atoms with Crippen LogP contribution in [0.4, 0.5) is 0 Å². The Morgan fingerprint density at radius 3 is 2.69 bits per heavy atom. The van der Waals surface area contributed by atoms with Crippen molar-refractivity contribution in [2.24, 2.45) is 5.41 Å². The van der Waals surface area contributed by atoms with Crippen LogP contribution in [0, 0.1) is 19.3 Å². The predicted molar refractivity (Wildman–Crippen MR) is 95.5 cm³/mol. The first-order valence-corrected chi connectivity index (χ1v) is 8.52. The summed E-state index contributed by atoms with van der Waals surface area (Å²) >= 11 is 0. The zero-order chi connectivity index (χ0) is 18.9. The van der Waals surface area contributed by atoms with Crippen molar-refractivity contribution in [1.82, 2.24) is 14.7 Å². The maximum Gasteiger partial charge on any atom is 0.313 e. The smallest absolute Gasteiger partial charge is 0.313 e. The van der Waals surface area contributed by atoms with Crippen molar-refractivity contribution in [2.75, 3.05) is 26.8 Å². The van der Waals surface area contributed by atoms with E-state index in [1.165, 1.54) is 7.11 Å². The predicted octanol–water partition coefficient (Wildman–Crippen LogP) is 2.05. The van der Waals surface area contributed by atoms with E-state index in [9.17, 15) is 14.7 Å². The van der Waals surface area contributed by atoms with Crippen LogP contribution < -0.4 is 0 Å². The van der Waals surface area contributed by atoms with Crippen molar-refractivity contribution in [3.05, 3.63) is 47.3 Å². The highest BCUT2D eigenvalue weighted by Crippen LogP contribution is 2.32. The molecule has 1 saturated heterocycles. The van der Waals surface area contributed by atoms with Crippen LogP contribution in [0.5, 0.6) is 0 Å². The number of rotatable bonds is 5. The van der Waals surface area contributed by atoms with Crippen molar-refractivity contribution in [3.8, 4) is 5.69 Å². The van der Waals surface area contributed by atoms with Crippen LogP contribution in [0.25, 0.3) is 5.69 Å². The van der Waals surface area contributed by atoms with Crippen LogP contribution in [0.1, 0.15) is 28.0 Å². The second-order valence-corrected chi connectivity index (χ2v) is 6.84. The van der Waals surface area contributed by atoms with Crippen LogP contribution in [0.15, 0.2) is 30.5 Å². The summed E-state index contributed by atoms with van der Waals surface area (Å²) in [6.07, 6.45) is 1.94. The molecule has 138 valence electrons. The minimum atomic E-state index is -1.04. The molecule has 0 radical (unpaired) electrons. The molecule has 0 saturated carbocycles. The number of likely N-dealkylation sites (tertiary alicyclic amines) is 1. The molecular weight excluding hydrogens is 334 g/mol. The van der Waals surface area contributed by atoms with Crippen molar-refractivity contribution in [1.29, 1.82) is 0 Å². The lowest BCUT2D eigenvalue weighted by Gasteiger charge is -2.23. The number of aromatic nitrogens is 2. The number of carbonyl (C=O) groups is 2. The lowest BCUT2D eigenvalue weighted by atomic mass is 9.88. The number of hydrogen-bond acceptors (Lipinski definition) is 4. The summed E-state index contributed by atoms with van der Waals surface area (Å²) in [7, 11) is 1.48. The van der Waals surface area contributed by atoms with E-state index in [0.29, 0.717) is 18.5 Å². The summed E-state index contributed by atoms with van der Waals surface area (Å²) < 4.78 is 6.84. The molecule has 1 unspecified atom stereocenters. The lowest BCUT2D eigenvalue weighted by molar-refractivity contribution is -0.151. The van der Waals surface area contributed by atoms with E-state index in [1.807, 2.05) is 38.1 Å². The highest BCUT2D eigenvalue weighted by Gasteiger charge is 2.46. The molecule has 2 heterocycles. The number of carbonyl (C=O) groups excluding carboxylic acids is 1. The topological polar surface area (TPSA) is 84.7 Å². The maximum absolute atomic E-state index is 13.0. The first kappa shape index (κ1) is 18.1. The van der Waals surface area contributed by atoms with Crippen LogP contribution in [0.2, 0.25) is 0 Å². The zero-order valence-corrected chi connectivity index (χ0v) is 15.2. The van der Waals surface area contributed by atoms with Gasteiger partial charge in [-0.15, -0.1) is 0 Å². The Labute approximate surface area is 152 Å². The molecule has 1 aromatic carbocycles. The molecule has 1 aromatic heterocycles. The Morgan fingerprint density at radius 2 is 2.04 bits per heavy atom. The van der Waals surface area contributed by atoms with Gasteiger partial charge in [-0.2, -0.15) is 5.10 Å². The standard InChI is InChI=1S/C19H23N3O4/c1-13-6-4-5-7-16(13)22-14(2)15(10-20-22)17(23)21-9-8-19(11-21,12-26-3)18(24)25/h4-7,10H,8-9,11-12H2,1-3H3,(H,24,25). The number of amides is 1. The molecule has 2 aromatic rings. The van der Waals surface area contributed by atoms with Gasteiger partial charge in [0.15, 0.2) is 0 Å². The normalized spacial score (nSPS) is 19.7. The number of carboxylic acid groups (broad SMARTS) is 1. The van der Waals surface area contributed by atoms with Crippen LogP contribution >= 0.6 is 0 Å². The third kappa shape index (κ3) is 2.99. The van der Waals surface area contributed by atoms with Gasteiger partial charge in [0.2, 0.25) is 0 Å². The third-order valence-electron chi connectivity index (χ3n) is 5.10. The summed E-state index contributed by atoms with van der Waals surface area (Å²) in [6.45, 7) is 4.47. The lowest BCUT2D eigenvalue weighted by Crippen LogP contribution is -2.40. The summed E-state index contributed by atoms with van der Waals surface area (Å²) in [5.41, 5.74) is 2.17. The number of aryl methyl sites for hydroxylation is 1. The number of nitrogens with zero attached hydrogens (tertiary/aromatic N) is 3. The summed E-state index contributed by atoms with van der Waals surface area (Å²) in [4.78, 5) is 26.2. The SMILES string of the molecule is COCC1(C(=O)O)CCN(C(=O)c2cnn(-c3ccccc3C)c2C)C1. The van der Waals surface area contributed by atoms with Gasteiger partial charge in [-0.25, -0.2) is 4.68 Å². The molecule has 1 aliphatic heterocycles. The van der Waals surface area contributed by atoms with E-state index < -0.39 is 11.4 Å². The Hall–Kier alpha value is -2.67. The van der Waals surface area contributed by atoms with Crippen molar-refractivity contribution in [3.63, 3.8) is 0 Å². The molecule has 0 spiro atoms. The van der Waals surface area contributed by atoms with Gasteiger partial charge in [-0.3, -0.25) is 9.59 Å². The number of carboxylic acids is 1. The molecule has 1 aliphatic rings. The van der Waals surface area contributed by atoms with Crippen molar-refractivity contribution in [2.45, 2.75) is 20.3 Å². The summed E-state index contributed by atoms with van der Waals surface area (Å²) in [6, 6.07) is 7.82. The molecule has 7 nitrogen and oxygen atoms in total. The van der Waals surface area contributed by atoms with Gasteiger partial charge in [0.25, 0.3) is 5.91 Å². The van der Waals surface area contributed by atoms with Crippen molar-refractivity contribution < 1.29 is 19.4 Å². The molecule has 26 heavy (non-hydrogen) atoms. The van der Waals surface area contributed by atoms with E-state index >= 15 is 0 Å². The van der Waals surface area contributed by atoms with Gasteiger partial charge in [-0.1, -0.05) is 18.2 Å². The van der Waals surface area contributed by atoms with Crippen molar-refractivity contribution >= 4 is 11.9 Å². The van der Waals surface area contributed by atoms with Crippen LogP contribution in [0.3, 0.4) is 0 Å². The molecule has 0 bridgehead atoms.